The largest absolute Gasteiger partial charge is 0.380 e. The Balaban J connectivity index is 3.52. The van der Waals surface area contributed by atoms with E-state index in [1.54, 1.807) is 0 Å². The molecule has 0 N–H and O–H groups in total. The van der Waals surface area contributed by atoms with Crippen LogP contribution in [0.25, 0.3) is 0 Å². The van der Waals surface area contributed by atoms with Crippen LogP contribution in [-0.2, 0) is 9.53 Å². The van der Waals surface area contributed by atoms with Gasteiger partial charge in [0.1, 0.15) is 5.78 Å². The second-order valence-electron chi connectivity index (χ2n) is 1.14. The molecular weight excluding hydrogens is 104 g/mol. The lowest BCUT2D eigenvalue weighted by Crippen LogP contribution is -2.24. The van der Waals surface area contributed by atoms with Crippen molar-refractivity contribution in [3.8, 4) is 0 Å². The molecule has 0 amide bonds. The van der Waals surface area contributed by atoms with Gasteiger partial charge in [-0.15, -0.1) is 0 Å². The number of ketones is 1. The molecular formula is C6H10O2. The molecule has 1 atom stereocenters. The van der Waals surface area contributed by atoms with E-state index >= 15 is 0 Å². The van der Waals surface area contributed by atoms with E-state index in [2.05, 4.69) is 4.74 Å². The van der Waals surface area contributed by atoms with Gasteiger partial charge in [-0.2, -0.15) is 0 Å². The van der Waals surface area contributed by atoms with Gasteiger partial charge in [-0.3, -0.25) is 4.79 Å². The molecule has 0 spiro atoms. The highest BCUT2D eigenvalue weighted by Gasteiger charge is 2.16. The molecule has 1 saturated heterocycles. The van der Waals surface area contributed by atoms with Gasteiger partial charge in [0, 0.05) is 20.5 Å². The van der Waals surface area contributed by atoms with Gasteiger partial charge in [-0.1, -0.05) is 6.85 Å². The van der Waals surface area contributed by atoms with E-state index in [1.165, 1.54) is 0 Å². The Bertz CT molecular complexity index is 384. The first-order valence-corrected chi connectivity index (χ1v) is 1.86. The quantitative estimate of drug-likeness (QED) is 0.473. The van der Waals surface area contributed by atoms with Crippen molar-refractivity contribution in [3.63, 3.8) is 0 Å². The molecule has 0 aromatic rings. The van der Waals surface area contributed by atoms with Crippen LogP contribution in [0.4, 0.5) is 0 Å². The van der Waals surface area contributed by atoms with Crippen molar-refractivity contribution in [2.24, 2.45) is 5.89 Å². The second kappa shape index (κ2) is 2.27. The Morgan fingerprint density at radius 2 is 3.12 bits per heavy atom. The number of Topliss-reactive ketones (excluding diaryl/α,β-unsaturated/α-hetero) is 1. The third-order valence-corrected chi connectivity index (χ3v) is 0.596. The molecule has 1 aliphatic rings. The highest BCUT2D eigenvalue weighted by atomic mass is 16.5. The van der Waals surface area contributed by atoms with Gasteiger partial charge >= 0.3 is 0 Å². The maximum atomic E-state index is 11.8. The lowest BCUT2D eigenvalue weighted by molar-refractivity contribution is -0.129. The summed E-state index contributed by atoms with van der Waals surface area (Å²) in [4.78, 5) is 11.8. The first-order chi connectivity index (χ1) is 7.61. The minimum Gasteiger partial charge on any atom is -0.380 e. The fourth-order valence-corrected chi connectivity index (χ4v) is 0.257. The predicted octanol–water partition coefficient (Wildman–Crippen LogP) is 0.612. The van der Waals surface area contributed by atoms with Gasteiger partial charge in [-0.25, -0.2) is 0 Å². The summed E-state index contributed by atoms with van der Waals surface area (Å²) in [7, 11) is 0. The van der Waals surface area contributed by atoms with Gasteiger partial charge in [0.15, 0.2) is 0 Å². The van der Waals surface area contributed by atoms with Crippen molar-refractivity contribution < 1.29 is 23.2 Å². The predicted molar refractivity (Wildman–Crippen MR) is 29.6 cm³/mol. The molecule has 1 rings (SSSR count). The van der Waals surface area contributed by atoms with Crippen LogP contribution in [-0.4, -0.2) is 18.9 Å². The molecule has 1 unspecified atom stereocenters. The summed E-state index contributed by atoms with van der Waals surface area (Å²) in [6, 6.07) is 0. The first-order valence-electron chi connectivity index (χ1n) is 6.86. The van der Waals surface area contributed by atoms with Crippen LogP contribution < -0.4 is 0 Å². The van der Waals surface area contributed by atoms with Crippen LogP contribution in [0.5, 0.6) is 0 Å². The number of hydrogen-bond acceptors (Lipinski definition) is 2. The molecule has 0 radical (unpaired) electrons. The Morgan fingerprint density at radius 1 is 2.25 bits per heavy atom. The van der Waals surface area contributed by atoms with Crippen molar-refractivity contribution in [2.75, 3.05) is 13.1 Å². The second-order valence-corrected chi connectivity index (χ2v) is 1.14. The number of ether oxygens (including phenoxy) is 1. The Labute approximate surface area is 62.9 Å². The molecule has 0 aromatic carbocycles. The first kappa shape index (κ1) is 1.08. The monoisotopic (exact) mass is 124 g/mol. The summed E-state index contributed by atoms with van der Waals surface area (Å²) in [6.45, 7) is -10.3. The van der Waals surface area contributed by atoms with Crippen molar-refractivity contribution in [1.29, 1.82) is 0 Å². The molecule has 46 valence electrons. The Hall–Kier alpha value is -0.370. The Morgan fingerprint density at radius 3 is 3.88 bits per heavy atom. The number of rotatable bonds is 0. The van der Waals surface area contributed by atoms with E-state index in [4.69, 9.17) is 13.7 Å². The topological polar surface area (TPSA) is 26.3 Å². The molecule has 2 heteroatoms. The van der Waals surface area contributed by atoms with Crippen LogP contribution in [0.2, 0.25) is 0 Å². The van der Waals surface area contributed by atoms with Crippen molar-refractivity contribution in [3.05, 3.63) is 0 Å². The van der Waals surface area contributed by atoms with Crippen molar-refractivity contribution in [1.82, 2.24) is 0 Å². The molecule has 0 bridgehead atoms. The summed E-state index contributed by atoms with van der Waals surface area (Å²) < 4.78 is 76.0. The molecule has 8 heavy (non-hydrogen) atoms. The maximum Gasteiger partial charge on any atom is 0.140 e. The lowest BCUT2D eigenvalue weighted by atomic mass is 10.0. The summed E-state index contributed by atoms with van der Waals surface area (Å²) in [6.07, 6.45) is -3.44. The molecule has 1 fully saturated rings. The van der Waals surface area contributed by atoms with Crippen LogP contribution in [0.3, 0.4) is 0 Å². The SMILES string of the molecule is [2H]C([2H])([2H])C1([2H])C(=O)C([2H])([2H])C([2H])([2H])OC1([2H])[2H]. The van der Waals surface area contributed by atoms with E-state index < -0.39 is 38.0 Å². The number of carbonyl (C=O) groups is 1. The smallest absolute Gasteiger partial charge is 0.140 e. The zero-order valence-corrected chi connectivity index (χ0v) is 3.82. The molecule has 1 aliphatic heterocycles. The zero-order chi connectivity index (χ0) is 14.8. The van der Waals surface area contributed by atoms with Crippen LogP contribution >= 0.6 is 0 Å². The van der Waals surface area contributed by atoms with E-state index in [1.807, 2.05) is 0 Å². The summed E-state index contributed by atoms with van der Waals surface area (Å²) in [5, 5.41) is 0. The minimum atomic E-state index is -3.53. The summed E-state index contributed by atoms with van der Waals surface area (Å²) in [5.41, 5.74) is 0. The van der Waals surface area contributed by atoms with Gasteiger partial charge in [0.05, 0.1) is 18.6 Å². The van der Waals surface area contributed by atoms with Crippen LogP contribution in [0.15, 0.2) is 0 Å². The maximum absolute atomic E-state index is 11.8. The fraction of sp³-hybridized carbons (Fsp3) is 0.833. The molecule has 0 saturated carbocycles. The van der Waals surface area contributed by atoms with E-state index in [9.17, 15) is 4.79 Å². The molecule has 0 aromatic heterocycles. The fourth-order valence-electron chi connectivity index (χ4n) is 0.257. The third kappa shape index (κ3) is 1.07. The normalized spacial score (nSPS) is 78.8. The van der Waals surface area contributed by atoms with Gasteiger partial charge in [-0.05, 0) is 0 Å². The highest BCUT2D eigenvalue weighted by Crippen LogP contribution is 2.07. The highest BCUT2D eigenvalue weighted by molar-refractivity contribution is 5.81. The van der Waals surface area contributed by atoms with Crippen molar-refractivity contribution >= 4 is 5.78 Å². The lowest BCUT2D eigenvalue weighted by Gasteiger charge is -2.15. The summed E-state index contributed by atoms with van der Waals surface area (Å²) in [5.74, 6) is -5.54. The van der Waals surface area contributed by atoms with E-state index in [0.29, 0.717) is 0 Å². The Kier molecular flexibility index (Phi) is 0.306. The van der Waals surface area contributed by atoms with Crippen LogP contribution in [0.1, 0.15) is 26.9 Å². The average Bonchev–Trinajstić information content (AvgIpc) is 2.09. The molecule has 1 heterocycles. The number of hydrogen-bond donors (Lipinski definition) is 0. The average molecular weight is 124 g/mol. The van der Waals surface area contributed by atoms with E-state index in [0.717, 1.165) is 0 Å². The van der Waals surface area contributed by atoms with Gasteiger partial charge in [0.2, 0.25) is 0 Å². The summed E-state index contributed by atoms with van der Waals surface area (Å²) >= 11 is 0. The van der Waals surface area contributed by atoms with Gasteiger partial charge in [0.25, 0.3) is 0 Å². The van der Waals surface area contributed by atoms with E-state index in [-0.39, 0.29) is 0 Å². The minimum absolute atomic E-state index is 2.00. The zero-order valence-electron chi connectivity index (χ0n) is 13.8. The third-order valence-electron chi connectivity index (χ3n) is 0.596. The number of carbonyl (C=O) groups excluding carboxylic acids is 1. The van der Waals surface area contributed by atoms with Crippen LogP contribution in [0, 0.1) is 5.89 Å². The molecule has 0 aliphatic carbocycles. The molecule has 2 nitrogen and oxygen atoms in total. The van der Waals surface area contributed by atoms with Crippen molar-refractivity contribution in [2.45, 2.75) is 13.2 Å². The van der Waals surface area contributed by atoms with Gasteiger partial charge < -0.3 is 4.74 Å². The standard InChI is InChI=1S/C6H10O2/c1-5-4-8-3-2-6(5)7/h5H,2-4H2,1H3/i1D3,2D2,3D2,4D2,5D.